The van der Waals surface area contributed by atoms with Crippen LogP contribution in [0.3, 0.4) is 0 Å². The lowest BCUT2D eigenvalue weighted by atomic mass is 10.0. The maximum Gasteiger partial charge on any atom is 0.191 e. The van der Waals surface area contributed by atoms with E-state index in [9.17, 15) is 0 Å². The number of nitrogens with one attached hydrogen (secondary N) is 2. The summed E-state index contributed by atoms with van der Waals surface area (Å²) < 4.78 is 16.7. The summed E-state index contributed by atoms with van der Waals surface area (Å²) in [6.45, 7) is 14.3. The zero-order chi connectivity index (χ0) is 20.0. The van der Waals surface area contributed by atoms with Gasteiger partial charge in [-0.1, -0.05) is 13.8 Å². The minimum Gasteiger partial charge on any atom is -0.469 e. The van der Waals surface area contributed by atoms with Crippen LogP contribution < -0.4 is 10.6 Å². The second kappa shape index (κ2) is 13.6. The molecule has 2 rings (SSSR count). The van der Waals surface area contributed by atoms with Gasteiger partial charge in [-0.25, -0.2) is 0 Å². The number of rotatable bonds is 12. The van der Waals surface area contributed by atoms with Gasteiger partial charge in [-0.2, -0.15) is 0 Å². The van der Waals surface area contributed by atoms with Crippen LogP contribution in [0.25, 0.3) is 0 Å². The molecular formula is C21H38N4O3. The van der Waals surface area contributed by atoms with Gasteiger partial charge in [0.2, 0.25) is 0 Å². The van der Waals surface area contributed by atoms with E-state index in [2.05, 4.69) is 29.4 Å². The van der Waals surface area contributed by atoms with Crippen molar-refractivity contribution in [3.05, 3.63) is 24.2 Å². The molecule has 0 radical (unpaired) electrons. The van der Waals surface area contributed by atoms with E-state index in [1.54, 1.807) is 6.26 Å². The lowest BCUT2D eigenvalue weighted by Gasteiger charge is -2.26. The zero-order valence-corrected chi connectivity index (χ0v) is 17.8. The summed E-state index contributed by atoms with van der Waals surface area (Å²) in [5.41, 5.74) is 0. The molecule has 2 N–H and O–H groups in total. The number of nitrogens with zero attached hydrogens (tertiary/aromatic N) is 2. The summed E-state index contributed by atoms with van der Waals surface area (Å²) in [4.78, 5) is 7.19. The Hall–Kier alpha value is -1.57. The molecular weight excluding hydrogens is 356 g/mol. The lowest BCUT2D eigenvalue weighted by molar-refractivity contribution is 0.0266. The number of hydrogen-bond donors (Lipinski definition) is 2. The third kappa shape index (κ3) is 9.08. The molecule has 7 nitrogen and oxygen atoms in total. The van der Waals surface area contributed by atoms with Crippen LogP contribution in [0.2, 0.25) is 0 Å². The minimum absolute atomic E-state index is 0.256. The molecule has 28 heavy (non-hydrogen) atoms. The molecule has 0 aliphatic carbocycles. The van der Waals surface area contributed by atoms with Gasteiger partial charge < -0.3 is 24.5 Å². The molecule has 0 amide bonds. The second-order valence-corrected chi connectivity index (χ2v) is 7.39. The maximum absolute atomic E-state index is 5.83. The SMILES string of the molecule is CCOC(CCN=C(NCCc1ccco1)NCCN1CCOCC1)C(C)C. The molecule has 0 bridgehead atoms. The Labute approximate surface area is 169 Å². The van der Waals surface area contributed by atoms with Gasteiger partial charge in [0.05, 0.1) is 25.6 Å². The molecule has 2 heterocycles. The summed E-state index contributed by atoms with van der Waals surface area (Å²) in [6.07, 6.45) is 3.74. The summed E-state index contributed by atoms with van der Waals surface area (Å²) in [5.74, 6) is 2.34. The highest BCUT2D eigenvalue weighted by atomic mass is 16.5. The van der Waals surface area contributed by atoms with Crippen molar-refractivity contribution in [1.29, 1.82) is 0 Å². The summed E-state index contributed by atoms with van der Waals surface area (Å²) in [6, 6.07) is 3.92. The molecule has 1 aliphatic heterocycles. The van der Waals surface area contributed by atoms with Crippen molar-refractivity contribution >= 4 is 5.96 Å². The maximum atomic E-state index is 5.83. The minimum atomic E-state index is 0.256. The Balaban J connectivity index is 1.78. The van der Waals surface area contributed by atoms with Gasteiger partial charge in [0, 0.05) is 52.3 Å². The van der Waals surface area contributed by atoms with Gasteiger partial charge in [-0.05, 0) is 31.4 Å². The predicted molar refractivity (Wildman–Crippen MR) is 113 cm³/mol. The Morgan fingerprint density at radius 2 is 2.04 bits per heavy atom. The molecule has 0 saturated carbocycles. The van der Waals surface area contributed by atoms with Gasteiger partial charge >= 0.3 is 0 Å². The van der Waals surface area contributed by atoms with E-state index in [4.69, 9.17) is 18.9 Å². The van der Waals surface area contributed by atoms with Gasteiger partial charge in [0.1, 0.15) is 5.76 Å². The third-order valence-electron chi connectivity index (χ3n) is 4.88. The largest absolute Gasteiger partial charge is 0.469 e. The van der Waals surface area contributed by atoms with Crippen molar-refractivity contribution in [1.82, 2.24) is 15.5 Å². The first-order valence-corrected chi connectivity index (χ1v) is 10.6. The smallest absolute Gasteiger partial charge is 0.191 e. The predicted octanol–water partition coefficient (Wildman–Crippen LogP) is 2.14. The van der Waals surface area contributed by atoms with E-state index in [0.717, 1.165) is 83.7 Å². The highest BCUT2D eigenvalue weighted by molar-refractivity contribution is 5.79. The number of furan rings is 1. The first-order valence-electron chi connectivity index (χ1n) is 10.6. The molecule has 1 saturated heterocycles. The van der Waals surface area contributed by atoms with Gasteiger partial charge in [-0.15, -0.1) is 0 Å². The molecule has 0 aromatic carbocycles. The Bertz CT molecular complexity index is 528. The van der Waals surface area contributed by atoms with Crippen molar-refractivity contribution in [2.75, 3.05) is 59.1 Å². The Morgan fingerprint density at radius 1 is 1.25 bits per heavy atom. The number of ether oxygens (including phenoxy) is 2. The number of hydrogen-bond acceptors (Lipinski definition) is 5. The number of morpholine rings is 1. The van der Waals surface area contributed by atoms with E-state index < -0.39 is 0 Å². The van der Waals surface area contributed by atoms with Crippen LogP contribution in [0.4, 0.5) is 0 Å². The highest BCUT2D eigenvalue weighted by Crippen LogP contribution is 2.10. The van der Waals surface area contributed by atoms with Crippen molar-refractivity contribution in [2.45, 2.75) is 39.7 Å². The van der Waals surface area contributed by atoms with Crippen LogP contribution in [0, 0.1) is 5.92 Å². The molecule has 1 fully saturated rings. The summed E-state index contributed by atoms with van der Waals surface area (Å²) in [5, 5.41) is 6.89. The molecule has 1 aliphatic rings. The highest BCUT2D eigenvalue weighted by Gasteiger charge is 2.13. The molecule has 1 aromatic heterocycles. The normalized spacial score (nSPS) is 17.1. The monoisotopic (exact) mass is 394 g/mol. The number of aliphatic imine (C=N–C) groups is 1. The standard InChI is InChI=1S/C21H38N4O3/c1-4-27-20(18(2)3)8-10-23-21(22-9-7-19-6-5-15-28-19)24-11-12-25-13-16-26-17-14-25/h5-6,15,18,20H,4,7-14,16-17H2,1-3H3,(H2,22,23,24). The van der Waals surface area contributed by atoms with Crippen LogP contribution >= 0.6 is 0 Å². The fourth-order valence-corrected chi connectivity index (χ4v) is 3.22. The van der Waals surface area contributed by atoms with Gasteiger partial charge in [0.25, 0.3) is 0 Å². The topological polar surface area (TPSA) is 71.3 Å². The van der Waals surface area contributed by atoms with Gasteiger partial charge in [-0.3, -0.25) is 9.89 Å². The van der Waals surface area contributed by atoms with Crippen LogP contribution in [-0.2, 0) is 15.9 Å². The fourth-order valence-electron chi connectivity index (χ4n) is 3.22. The van der Waals surface area contributed by atoms with Gasteiger partial charge in [0.15, 0.2) is 5.96 Å². The third-order valence-corrected chi connectivity index (χ3v) is 4.88. The van der Waals surface area contributed by atoms with Crippen molar-refractivity contribution < 1.29 is 13.9 Å². The molecule has 1 atom stereocenters. The van der Waals surface area contributed by atoms with Crippen molar-refractivity contribution in [2.24, 2.45) is 10.9 Å². The Morgan fingerprint density at radius 3 is 2.71 bits per heavy atom. The molecule has 1 aromatic rings. The van der Waals surface area contributed by atoms with E-state index >= 15 is 0 Å². The van der Waals surface area contributed by atoms with E-state index in [-0.39, 0.29) is 6.10 Å². The van der Waals surface area contributed by atoms with Crippen LogP contribution in [0.15, 0.2) is 27.8 Å². The fraction of sp³-hybridized carbons (Fsp3) is 0.762. The quantitative estimate of drug-likeness (QED) is 0.418. The molecule has 0 spiro atoms. The molecule has 160 valence electrons. The average Bonchev–Trinajstić information content (AvgIpc) is 3.21. The Kier molecular flexibility index (Phi) is 11.0. The molecule has 1 unspecified atom stereocenters. The first kappa shape index (κ1) is 22.7. The zero-order valence-electron chi connectivity index (χ0n) is 17.8. The summed E-state index contributed by atoms with van der Waals surface area (Å²) in [7, 11) is 0. The van der Waals surface area contributed by atoms with Crippen LogP contribution in [0.5, 0.6) is 0 Å². The van der Waals surface area contributed by atoms with Crippen LogP contribution in [-0.4, -0.2) is 76.1 Å². The van der Waals surface area contributed by atoms with Crippen LogP contribution in [0.1, 0.15) is 33.0 Å². The summed E-state index contributed by atoms with van der Waals surface area (Å²) >= 11 is 0. The second-order valence-electron chi connectivity index (χ2n) is 7.39. The van der Waals surface area contributed by atoms with E-state index in [1.165, 1.54) is 0 Å². The van der Waals surface area contributed by atoms with Crippen molar-refractivity contribution in [3.8, 4) is 0 Å². The van der Waals surface area contributed by atoms with E-state index in [0.29, 0.717) is 5.92 Å². The molecule has 7 heteroatoms. The van der Waals surface area contributed by atoms with Crippen molar-refractivity contribution in [3.63, 3.8) is 0 Å². The lowest BCUT2D eigenvalue weighted by Crippen LogP contribution is -2.45. The van der Waals surface area contributed by atoms with E-state index in [1.807, 2.05) is 19.1 Å². The first-order chi connectivity index (χ1) is 13.7. The average molecular weight is 395 g/mol. The number of guanidine groups is 1.